The van der Waals surface area contributed by atoms with E-state index in [-0.39, 0.29) is 49.4 Å². The van der Waals surface area contributed by atoms with Crippen LogP contribution >= 0.6 is 47.0 Å². The summed E-state index contributed by atoms with van der Waals surface area (Å²) in [7, 11) is 0. The Morgan fingerprint density at radius 1 is 0.526 bits per heavy atom. The van der Waals surface area contributed by atoms with Crippen molar-refractivity contribution < 1.29 is 55.7 Å². The monoisotopic (exact) mass is 630 g/mol. The zero-order valence-corrected chi connectivity index (χ0v) is 24.9. The molecule has 38 heavy (non-hydrogen) atoms. The summed E-state index contributed by atoms with van der Waals surface area (Å²) in [6.07, 6.45) is -2.71. The van der Waals surface area contributed by atoms with Crippen LogP contribution in [-0.2, 0) is 38.1 Å². The van der Waals surface area contributed by atoms with Crippen molar-refractivity contribution in [2.75, 3.05) is 49.4 Å². The molecular weight excluding hydrogens is 596 g/mol. The molecule has 0 aliphatic heterocycles. The maximum atomic E-state index is 15.0. The van der Waals surface area contributed by atoms with Gasteiger partial charge in [0.1, 0.15) is 0 Å². The molecule has 222 valence electrons. The average molecular weight is 631 g/mol. The van der Waals surface area contributed by atoms with Gasteiger partial charge in [-0.3, -0.25) is 19.2 Å². The Bertz CT molecular complexity index is 642. The standard InChI is InChI=1S/C22H34F4O8S4/c1-5-31-15(27)11-35-19(36-12-16(28)32-6-2)9-21(23,24)22(25,26)10-20(37-13-17(29)33-7-3)38-14-18(30)34-8-4/h19-20H,5-14H2,1-4H3. The van der Waals surface area contributed by atoms with Gasteiger partial charge in [0.05, 0.1) is 58.6 Å². The first kappa shape index (κ1) is 37.0. The van der Waals surface area contributed by atoms with E-state index in [0.717, 1.165) is 0 Å². The Labute approximate surface area is 237 Å². The van der Waals surface area contributed by atoms with Crippen LogP contribution in [0.4, 0.5) is 17.6 Å². The van der Waals surface area contributed by atoms with Crippen molar-refractivity contribution in [3.8, 4) is 0 Å². The van der Waals surface area contributed by atoms with Gasteiger partial charge >= 0.3 is 35.7 Å². The predicted molar refractivity (Wildman–Crippen MR) is 143 cm³/mol. The third kappa shape index (κ3) is 16.2. The summed E-state index contributed by atoms with van der Waals surface area (Å²) in [6, 6.07) is 0. The molecule has 0 aliphatic carbocycles. The first-order valence-corrected chi connectivity index (χ1v) is 15.9. The highest BCUT2D eigenvalue weighted by Crippen LogP contribution is 2.47. The highest BCUT2D eigenvalue weighted by Gasteiger charge is 2.57. The number of rotatable bonds is 21. The van der Waals surface area contributed by atoms with E-state index in [0.29, 0.717) is 47.0 Å². The van der Waals surface area contributed by atoms with E-state index in [9.17, 15) is 36.7 Å². The second-order valence-corrected chi connectivity index (χ2v) is 12.5. The van der Waals surface area contributed by atoms with Crippen LogP contribution in [0.1, 0.15) is 40.5 Å². The minimum Gasteiger partial charge on any atom is -0.465 e. The van der Waals surface area contributed by atoms with E-state index in [2.05, 4.69) is 0 Å². The maximum Gasteiger partial charge on any atom is 0.315 e. The van der Waals surface area contributed by atoms with Crippen LogP contribution in [0, 0.1) is 0 Å². The third-order valence-electron chi connectivity index (χ3n) is 4.15. The molecule has 0 aromatic rings. The molecule has 0 saturated carbocycles. The Kier molecular flexibility index (Phi) is 19.4. The molecule has 0 bridgehead atoms. The number of hydrogen-bond donors (Lipinski definition) is 0. The molecule has 0 saturated heterocycles. The molecule has 0 amide bonds. The van der Waals surface area contributed by atoms with Crippen LogP contribution in [0.3, 0.4) is 0 Å². The molecule has 8 nitrogen and oxygen atoms in total. The predicted octanol–water partition coefficient (Wildman–Crippen LogP) is 4.87. The normalized spacial score (nSPS) is 11.9. The maximum absolute atomic E-state index is 15.0. The highest BCUT2D eigenvalue weighted by molar-refractivity contribution is 8.17. The molecule has 0 spiro atoms. The van der Waals surface area contributed by atoms with Crippen LogP contribution < -0.4 is 0 Å². The lowest BCUT2D eigenvalue weighted by Gasteiger charge is -2.31. The van der Waals surface area contributed by atoms with Gasteiger partial charge < -0.3 is 18.9 Å². The van der Waals surface area contributed by atoms with Gasteiger partial charge in [-0.25, -0.2) is 0 Å². The van der Waals surface area contributed by atoms with Gasteiger partial charge in [-0.2, -0.15) is 17.6 Å². The van der Waals surface area contributed by atoms with E-state index < -0.39 is 57.7 Å². The van der Waals surface area contributed by atoms with Crippen molar-refractivity contribution in [1.82, 2.24) is 0 Å². The van der Waals surface area contributed by atoms with E-state index in [1.165, 1.54) is 0 Å². The van der Waals surface area contributed by atoms with Crippen LogP contribution in [0.25, 0.3) is 0 Å². The number of esters is 4. The zero-order chi connectivity index (χ0) is 29.2. The number of alkyl halides is 4. The fraction of sp³-hybridized carbons (Fsp3) is 0.818. The van der Waals surface area contributed by atoms with Crippen molar-refractivity contribution in [1.29, 1.82) is 0 Å². The van der Waals surface area contributed by atoms with Crippen molar-refractivity contribution >= 4 is 70.9 Å². The van der Waals surface area contributed by atoms with Crippen LogP contribution in [0.5, 0.6) is 0 Å². The molecule has 0 N–H and O–H groups in total. The number of carbonyl (C=O) groups excluding carboxylic acids is 4. The van der Waals surface area contributed by atoms with Gasteiger partial charge in [-0.05, 0) is 27.7 Å². The number of carbonyl (C=O) groups is 4. The lowest BCUT2D eigenvalue weighted by Crippen LogP contribution is -2.44. The number of halogens is 4. The van der Waals surface area contributed by atoms with Crippen molar-refractivity contribution in [3.05, 3.63) is 0 Å². The molecule has 0 aromatic carbocycles. The summed E-state index contributed by atoms with van der Waals surface area (Å²) in [5.41, 5.74) is 0. The second-order valence-electron chi connectivity index (χ2n) is 7.14. The minimum absolute atomic E-state index is 0.0581. The van der Waals surface area contributed by atoms with Crippen LogP contribution in [0.2, 0.25) is 0 Å². The van der Waals surface area contributed by atoms with Gasteiger partial charge in [0.15, 0.2) is 0 Å². The molecule has 0 atom stereocenters. The summed E-state index contributed by atoms with van der Waals surface area (Å²) >= 11 is 2.66. The molecule has 0 radical (unpaired) electrons. The summed E-state index contributed by atoms with van der Waals surface area (Å²) in [5.74, 6) is -13.4. The van der Waals surface area contributed by atoms with Crippen molar-refractivity contribution in [3.63, 3.8) is 0 Å². The summed E-state index contributed by atoms with van der Waals surface area (Å²) < 4.78 is 76.4. The summed E-state index contributed by atoms with van der Waals surface area (Å²) in [5, 5.41) is 0. The highest BCUT2D eigenvalue weighted by atomic mass is 32.2. The van der Waals surface area contributed by atoms with E-state index in [1.54, 1.807) is 27.7 Å². The molecule has 0 unspecified atom stereocenters. The lowest BCUT2D eigenvalue weighted by molar-refractivity contribution is -0.211. The molecule has 0 fully saturated rings. The molecule has 16 heteroatoms. The van der Waals surface area contributed by atoms with Crippen molar-refractivity contribution in [2.45, 2.75) is 61.5 Å². The summed E-state index contributed by atoms with van der Waals surface area (Å²) in [6.45, 7) is 6.46. The fourth-order valence-electron chi connectivity index (χ4n) is 2.50. The number of thioether (sulfide) groups is 4. The van der Waals surface area contributed by atoms with Crippen LogP contribution in [-0.4, -0.2) is 94.3 Å². The van der Waals surface area contributed by atoms with Gasteiger partial charge in [0.2, 0.25) is 0 Å². The molecular formula is C22H34F4O8S4. The molecule has 0 heterocycles. The fourth-order valence-corrected chi connectivity index (χ4v) is 7.02. The Balaban J connectivity index is 5.53. The van der Waals surface area contributed by atoms with Crippen molar-refractivity contribution in [2.24, 2.45) is 0 Å². The largest absolute Gasteiger partial charge is 0.465 e. The quantitative estimate of drug-likeness (QED) is 0.0748. The molecule has 0 rings (SSSR count). The van der Waals surface area contributed by atoms with Gasteiger partial charge in [0, 0.05) is 12.8 Å². The average Bonchev–Trinajstić information content (AvgIpc) is 2.83. The SMILES string of the molecule is CCOC(=O)CSC(CC(F)(F)C(F)(F)CC(SCC(=O)OCC)SCC(=O)OCC)SCC(=O)OCC. The first-order chi connectivity index (χ1) is 17.8. The summed E-state index contributed by atoms with van der Waals surface area (Å²) in [4.78, 5) is 46.7. The van der Waals surface area contributed by atoms with E-state index in [4.69, 9.17) is 18.9 Å². The van der Waals surface area contributed by atoms with Gasteiger partial charge in [-0.1, -0.05) is 0 Å². The Morgan fingerprint density at radius 3 is 0.921 bits per heavy atom. The van der Waals surface area contributed by atoms with Gasteiger partial charge in [0.25, 0.3) is 0 Å². The molecule has 0 aromatic heterocycles. The van der Waals surface area contributed by atoms with E-state index in [1.807, 2.05) is 0 Å². The zero-order valence-electron chi connectivity index (χ0n) is 21.6. The topological polar surface area (TPSA) is 105 Å². The minimum atomic E-state index is -4.55. The Hall–Kier alpha value is -1.00. The number of hydrogen-bond acceptors (Lipinski definition) is 12. The third-order valence-corrected chi connectivity index (χ3v) is 9.55. The second kappa shape index (κ2) is 20.0. The smallest absolute Gasteiger partial charge is 0.315 e. The number of ether oxygens (including phenoxy) is 4. The Morgan fingerprint density at radius 2 is 0.737 bits per heavy atom. The lowest BCUT2D eigenvalue weighted by atomic mass is 10.1. The van der Waals surface area contributed by atoms with Crippen LogP contribution in [0.15, 0.2) is 0 Å². The van der Waals surface area contributed by atoms with E-state index >= 15 is 0 Å². The molecule has 0 aliphatic rings. The van der Waals surface area contributed by atoms with Gasteiger partial charge in [-0.15, -0.1) is 47.0 Å². The first-order valence-electron chi connectivity index (χ1n) is 11.7.